The molecule has 0 saturated carbocycles. The van der Waals surface area contributed by atoms with Gasteiger partial charge in [-0.25, -0.2) is 4.39 Å². The molecule has 2 nitrogen and oxygen atoms in total. The largest absolute Gasteiger partial charge is 0.313 e. The van der Waals surface area contributed by atoms with Crippen molar-refractivity contribution < 1.29 is 4.39 Å². The van der Waals surface area contributed by atoms with Gasteiger partial charge in [0.1, 0.15) is 5.82 Å². The van der Waals surface area contributed by atoms with E-state index in [0.29, 0.717) is 17.0 Å². The highest BCUT2D eigenvalue weighted by Crippen LogP contribution is 2.26. The van der Waals surface area contributed by atoms with Crippen molar-refractivity contribution in [2.45, 2.75) is 38.3 Å². The number of nitrogens with zero attached hydrogens (tertiary/aromatic N) is 1. The molecule has 1 fully saturated rings. The standard InChI is InChI=1S/C14H20ClFN2/c1-14(17,18-8-3-2-4-9-18)10-11-12(15)6-5-7-13(11)16/h5-7H,2-4,8-10,17H2,1H3. The van der Waals surface area contributed by atoms with Crippen molar-refractivity contribution in [2.24, 2.45) is 5.73 Å². The van der Waals surface area contributed by atoms with E-state index < -0.39 is 5.66 Å². The van der Waals surface area contributed by atoms with Gasteiger partial charge in [-0.15, -0.1) is 0 Å². The second kappa shape index (κ2) is 5.55. The van der Waals surface area contributed by atoms with Crippen LogP contribution < -0.4 is 5.73 Å². The topological polar surface area (TPSA) is 29.3 Å². The molecule has 1 heterocycles. The predicted molar refractivity (Wildman–Crippen MR) is 73.1 cm³/mol. The zero-order valence-corrected chi connectivity index (χ0v) is 11.5. The van der Waals surface area contributed by atoms with Crippen molar-refractivity contribution in [1.82, 2.24) is 4.90 Å². The Morgan fingerprint density at radius 1 is 1.33 bits per heavy atom. The van der Waals surface area contributed by atoms with Crippen LogP contribution in [0.25, 0.3) is 0 Å². The Labute approximate surface area is 113 Å². The third-order valence-electron chi connectivity index (χ3n) is 3.67. The summed E-state index contributed by atoms with van der Waals surface area (Å²) in [5.74, 6) is -0.267. The average molecular weight is 271 g/mol. The van der Waals surface area contributed by atoms with Gasteiger partial charge < -0.3 is 5.73 Å². The Bertz CT molecular complexity index is 394. The fourth-order valence-corrected chi connectivity index (χ4v) is 2.81. The summed E-state index contributed by atoms with van der Waals surface area (Å²) < 4.78 is 13.8. The van der Waals surface area contributed by atoms with Crippen molar-refractivity contribution in [3.63, 3.8) is 0 Å². The monoisotopic (exact) mass is 270 g/mol. The Kier molecular flexibility index (Phi) is 4.25. The molecule has 1 saturated heterocycles. The van der Waals surface area contributed by atoms with Crippen LogP contribution in [-0.2, 0) is 6.42 Å². The van der Waals surface area contributed by atoms with Gasteiger partial charge in [0.05, 0.1) is 5.66 Å². The summed E-state index contributed by atoms with van der Waals surface area (Å²) in [5, 5.41) is 0.462. The summed E-state index contributed by atoms with van der Waals surface area (Å²) in [5.41, 5.74) is 6.35. The van der Waals surface area contributed by atoms with Crippen molar-refractivity contribution in [2.75, 3.05) is 13.1 Å². The lowest BCUT2D eigenvalue weighted by molar-refractivity contribution is 0.0849. The number of benzene rings is 1. The van der Waals surface area contributed by atoms with Crippen molar-refractivity contribution in [3.8, 4) is 0 Å². The number of hydrogen-bond donors (Lipinski definition) is 1. The Balaban J connectivity index is 2.16. The summed E-state index contributed by atoms with van der Waals surface area (Å²) >= 11 is 6.06. The lowest BCUT2D eigenvalue weighted by atomic mass is 9.97. The first-order chi connectivity index (χ1) is 8.50. The highest BCUT2D eigenvalue weighted by Gasteiger charge is 2.30. The fourth-order valence-electron chi connectivity index (χ4n) is 2.58. The second-order valence-electron chi connectivity index (χ2n) is 5.28. The van der Waals surface area contributed by atoms with Crippen LogP contribution in [0.1, 0.15) is 31.7 Å². The van der Waals surface area contributed by atoms with Gasteiger partial charge in [-0.3, -0.25) is 4.90 Å². The molecule has 0 radical (unpaired) electrons. The van der Waals surface area contributed by atoms with Gasteiger partial charge in [0.25, 0.3) is 0 Å². The van der Waals surface area contributed by atoms with Crippen LogP contribution >= 0.6 is 11.6 Å². The van der Waals surface area contributed by atoms with Crippen molar-refractivity contribution in [3.05, 3.63) is 34.6 Å². The van der Waals surface area contributed by atoms with Crippen LogP contribution in [0, 0.1) is 5.82 Å². The van der Waals surface area contributed by atoms with Gasteiger partial charge in [0.15, 0.2) is 0 Å². The first-order valence-corrected chi connectivity index (χ1v) is 6.85. The van der Waals surface area contributed by atoms with E-state index in [1.54, 1.807) is 12.1 Å². The minimum Gasteiger partial charge on any atom is -0.313 e. The molecule has 0 amide bonds. The third-order valence-corrected chi connectivity index (χ3v) is 4.03. The first-order valence-electron chi connectivity index (χ1n) is 6.47. The van der Waals surface area contributed by atoms with Gasteiger partial charge in [-0.05, 0) is 45.0 Å². The van der Waals surface area contributed by atoms with Crippen LogP contribution in [0.5, 0.6) is 0 Å². The minimum absolute atomic E-state index is 0.267. The molecule has 0 spiro atoms. The zero-order valence-electron chi connectivity index (χ0n) is 10.8. The van der Waals surface area contributed by atoms with Crippen LogP contribution in [-0.4, -0.2) is 23.7 Å². The third kappa shape index (κ3) is 3.02. The highest BCUT2D eigenvalue weighted by molar-refractivity contribution is 6.31. The molecule has 1 aromatic carbocycles. The molecule has 0 aromatic heterocycles. The first kappa shape index (κ1) is 13.8. The lowest BCUT2D eigenvalue weighted by Crippen LogP contribution is -2.57. The summed E-state index contributed by atoms with van der Waals surface area (Å²) in [4.78, 5) is 2.24. The molecular weight excluding hydrogens is 251 g/mol. The number of hydrogen-bond acceptors (Lipinski definition) is 2. The maximum atomic E-state index is 13.8. The van der Waals surface area contributed by atoms with Gasteiger partial charge in [-0.1, -0.05) is 24.1 Å². The molecule has 18 heavy (non-hydrogen) atoms. The van der Waals surface area contributed by atoms with Gasteiger partial charge in [0.2, 0.25) is 0 Å². The molecule has 4 heteroatoms. The van der Waals surface area contributed by atoms with Gasteiger partial charge >= 0.3 is 0 Å². The Hall–Kier alpha value is -0.640. The zero-order chi connectivity index (χ0) is 13.2. The molecule has 1 aliphatic rings. The number of piperidine rings is 1. The predicted octanol–water partition coefficient (Wildman–Crippen LogP) is 3.18. The van der Waals surface area contributed by atoms with Crippen LogP contribution in [0.3, 0.4) is 0 Å². The average Bonchev–Trinajstić information content (AvgIpc) is 2.35. The molecule has 1 aliphatic heterocycles. The fraction of sp³-hybridized carbons (Fsp3) is 0.571. The summed E-state index contributed by atoms with van der Waals surface area (Å²) in [6.07, 6.45) is 4.03. The quantitative estimate of drug-likeness (QED) is 0.914. The van der Waals surface area contributed by atoms with E-state index in [0.717, 1.165) is 25.9 Å². The molecule has 2 rings (SSSR count). The molecule has 0 aliphatic carbocycles. The number of likely N-dealkylation sites (tertiary alicyclic amines) is 1. The summed E-state index contributed by atoms with van der Waals surface area (Å²) in [7, 11) is 0. The van der Waals surface area contributed by atoms with Crippen LogP contribution in [0.15, 0.2) is 18.2 Å². The Morgan fingerprint density at radius 2 is 2.00 bits per heavy atom. The maximum Gasteiger partial charge on any atom is 0.128 e. The van der Waals surface area contributed by atoms with E-state index >= 15 is 0 Å². The molecule has 1 aromatic rings. The highest BCUT2D eigenvalue weighted by atomic mass is 35.5. The van der Waals surface area contributed by atoms with Gasteiger partial charge in [-0.2, -0.15) is 0 Å². The molecule has 1 unspecified atom stereocenters. The normalized spacial score (nSPS) is 20.7. The van der Waals surface area contributed by atoms with E-state index in [4.69, 9.17) is 17.3 Å². The molecular formula is C14H20ClFN2. The minimum atomic E-state index is -0.535. The molecule has 2 N–H and O–H groups in total. The van der Waals surface area contributed by atoms with Gasteiger partial charge in [0, 0.05) is 17.0 Å². The SMILES string of the molecule is CC(N)(Cc1c(F)cccc1Cl)N1CCCCC1. The number of nitrogens with two attached hydrogens (primary N) is 1. The maximum absolute atomic E-state index is 13.8. The van der Waals surface area contributed by atoms with Crippen LogP contribution in [0.2, 0.25) is 5.02 Å². The van der Waals surface area contributed by atoms with E-state index in [1.807, 2.05) is 6.92 Å². The van der Waals surface area contributed by atoms with E-state index in [-0.39, 0.29) is 5.82 Å². The van der Waals surface area contributed by atoms with E-state index in [2.05, 4.69) is 4.90 Å². The summed E-state index contributed by atoms with van der Waals surface area (Å²) in [6, 6.07) is 4.77. The van der Waals surface area contributed by atoms with E-state index in [1.165, 1.54) is 12.5 Å². The number of halogens is 2. The Morgan fingerprint density at radius 3 is 2.61 bits per heavy atom. The molecule has 100 valence electrons. The smallest absolute Gasteiger partial charge is 0.128 e. The summed E-state index contributed by atoms with van der Waals surface area (Å²) in [6.45, 7) is 3.93. The second-order valence-corrected chi connectivity index (χ2v) is 5.69. The van der Waals surface area contributed by atoms with Crippen LogP contribution in [0.4, 0.5) is 4.39 Å². The van der Waals surface area contributed by atoms with E-state index in [9.17, 15) is 4.39 Å². The number of rotatable bonds is 3. The lowest BCUT2D eigenvalue weighted by Gasteiger charge is -2.41. The molecule has 1 atom stereocenters. The van der Waals surface area contributed by atoms with Crippen molar-refractivity contribution in [1.29, 1.82) is 0 Å². The van der Waals surface area contributed by atoms with Crippen molar-refractivity contribution >= 4 is 11.6 Å². The molecule has 0 bridgehead atoms.